The van der Waals surface area contributed by atoms with Crippen LogP contribution in [0.3, 0.4) is 0 Å². The molecular weight excluding hydrogens is 324 g/mol. The van der Waals surface area contributed by atoms with Gasteiger partial charge in [0, 0.05) is 18.1 Å². The van der Waals surface area contributed by atoms with Gasteiger partial charge in [0.1, 0.15) is 12.4 Å². The number of ether oxygens (including phenoxy) is 1. The fourth-order valence-electron chi connectivity index (χ4n) is 2.65. The zero-order valence-electron chi connectivity index (χ0n) is 15.0. The first-order chi connectivity index (χ1) is 12.9. The molecule has 1 heterocycles. The van der Waals surface area contributed by atoms with Crippen molar-refractivity contribution in [1.29, 1.82) is 0 Å². The van der Waals surface area contributed by atoms with E-state index in [0.717, 1.165) is 29.3 Å². The van der Waals surface area contributed by atoms with E-state index in [1.54, 1.807) is 6.20 Å². The molecule has 2 N–H and O–H groups in total. The van der Waals surface area contributed by atoms with Gasteiger partial charge in [0.25, 0.3) is 0 Å². The third-order valence-electron chi connectivity index (χ3n) is 3.87. The smallest absolute Gasteiger partial charge is 0.191 e. The van der Waals surface area contributed by atoms with Crippen LogP contribution in [0.1, 0.15) is 12.6 Å². The molecular formula is C21H24N4O. The number of guanidine groups is 1. The van der Waals surface area contributed by atoms with Crippen molar-refractivity contribution in [3.63, 3.8) is 0 Å². The van der Waals surface area contributed by atoms with Gasteiger partial charge in [-0.15, -0.1) is 0 Å². The maximum atomic E-state index is 5.95. The first kappa shape index (κ1) is 17.7. The number of aliphatic imine (C=N–C) groups is 1. The van der Waals surface area contributed by atoms with E-state index in [0.29, 0.717) is 19.7 Å². The molecule has 0 aliphatic heterocycles. The van der Waals surface area contributed by atoms with Crippen molar-refractivity contribution < 1.29 is 4.74 Å². The summed E-state index contributed by atoms with van der Waals surface area (Å²) in [7, 11) is 0. The summed E-state index contributed by atoms with van der Waals surface area (Å²) in [6.45, 7) is 4.61. The molecule has 3 aromatic rings. The van der Waals surface area contributed by atoms with Gasteiger partial charge in [0.05, 0.1) is 18.8 Å². The summed E-state index contributed by atoms with van der Waals surface area (Å²) < 4.78 is 5.95. The summed E-state index contributed by atoms with van der Waals surface area (Å²) >= 11 is 0. The van der Waals surface area contributed by atoms with Crippen molar-refractivity contribution in [3.8, 4) is 5.75 Å². The third kappa shape index (κ3) is 4.96. The average Bonchev–Trinajstić information content (AvgIpc) is 2.70. The molecule has 0 fully saturated rings. The molecule has 0 aliphatic rings. The van der Waals surface area contributed by atoms with E-state index in [9.17, 15) is 0 Å². The van der Waals surface area contributed by atoms with Gasteiger partial charge in [-0.05, 0) is 30.5 Å². The molecule has 2 aromatic carbocycles. The molecule has 134 valence electrons. The van der Waals surface area contributed by atoms with Crippen LogP contribution in [0, 0.1) is 0 Å². The molecule has 0 bridgehead atoms. The van der Waals surface area contributed by atoms with Crippen LogP contribution >= 0.6 is 0 Å². The molecule has 26 heavy (non-hydrogen) atoms. The van der Waals surface area contributed by atoms with E-state index in [-0.39, 0.29) is 0 Å². The second kappa shape index (κ2) is 9.42. The molecule has 0 spiro atoms. The van der Waals surface area contributed by atoms with Gasteiger partial charge < -0.3 is 15.4 Å². The van der Waals surface area contributed by atoms with Gasteiger partial charge >= 0.3 is 0 Å². The maximum absolute atomic E-state index is 5.95. The fraction of sp³-hybridized carbons (Fsp3) is 0.238. The topological polar surface area (TPSA) is 58.5 Å². The number of nitrogens with one attached hydrogen (secondary N) is 2. The van der Waals surface area contributed by atoms with Gasteiger partial charge in [-0.25, -0.2) is 4.99 Å². The molecule has 0 amide bonds. The Bertz CT molecular complexity index is 844. The van der Waals surface area contributed by atoms with Gasteiger partial charge in [-0.3, -0.25) is 4.98 Å². The number of benzene rings is 2. The largest absolute Gasteiger partial charge is 0.491 e. The zero-order chi connectivity index (χ0) is 18.0. The van der Waals surface area contributed by atoms with E-state index in [4.69, 9.17) is 4.74 Å². The Balaban J connectivity index is 1.53. The van der Waals surface area contributed by atoms with Crippen LogP contribution in [-0.2, 0) is 6.54 Å². The van der Waals surface area contributed by atoms with Crippen molar-refractivity contribution in [2.45, 2.75) is 13.5 Å². The molecule has 5 nitrogen and oxygen atoms in total. The first-order valence-corrected chi connectivity index (χ1v) is 8.89. The van der Waals surface area contributed by atoms with E-state index >= 15 is 0 Å². The van der Waals surface area contributed by atoms with Crippen LogP contribution in [0.4, 0.5) is 0 Å². The monoisotopic (exact) mass is 348 g/mol. The van der Waals surface area contributed by atoms with Crippen LogP contribution in [-0.4, -0.2) is 30.6 Å². The summed E-state index contributed by atoms with van der Waals surface area (Å²) in [5, 5.41) is 8.85. The highest BCUT2D eigenvalue weighted by atomic mass is 16.5. The highest BCUT2D eigenvalue weighted by molar-refractivity contribution is 5.88. The van der Waals surface area contributed by atoms with Crippen LogP contribution < -0.4 is 15.4 Å². The van der Waals surface area contributed by atoms with Crippen LogP contribution in [0.2, 0.25) is 0 Å². The van der Waals surface area contributed by atoms with Crippen molar-refractivity contribution in [1.82, 2.24) is 15.6 Å². The molecule has 0 atom stereocenters. The third-order valence-corrected chi connectivity index (χ3v) is 3.87. The summed E-state index contributed by atoms with van der Waals surface area (Å²) in [4.78, 5) is 8.84. The minimum Gasteiger partial charge on any atom is -0.491 e. The lowest BCUT2D eigenvalue weighted by atomic mass is 10.1. The summed E-state index contributed by atoms with van der Waals surface area (Å²) in [6, 6.07) is 20.2. The van der Waals surface area contributed by atoms with E-state index in [1.807, 2.05) is 49.4 Å². The number of aromatic nitrogens is 1. The zero-order valence-corrected chi connectivity index (χ0v) is 15.0. The molecule has 0 unspecified atom stereocenters. The maximum Gasteiger partial charge on any atom is 0.191 e. The Hall–Kier alpha value is -3.08. The quantitative estimate of drug-likeness (QED) is 0.390. The minimum atomic E-state index is 0.542. The van der Waals surface area contributed by atoms with Gasteiger partial charge in [0.2, 0.25) is 0 Å². The summed E-state index contributed by atoms with van der Waals surface area (Å²) in [5.41, 5.74) is 0.941. The lowest BCUT2D eigenvalue weighted by Gasteiger charge is -2.13. The fourth-order valence-corrected chi connectivity index (χ4v) is 2.65. The van der Waals surface area contributed by atoms with Gasteiger partial charge in [-0.1, -0.05) is 42.5 Å². The van der Waals surface area contributed by atoms with Crippen LogP contribution in [0.15, 0.2) is 71.9 Å². The molecule has 0 aliphatic carbocycles. The predicted molar refractivity (Wildman–Crippen MR) is 106 cm³/mol. The summed E-state index contributed by atoms with van der Waals surface area (Å²) in [6.07, 6.45) is 1.78. The average molecular weight is 348 g/mol. The van der Waals surface area contributed by atoms with Gasteiger partial charge in [0.15, 0.2) is 5.96 Å². The van der Waals surface area contributed by atoms with Crippen LogP contribution in [0.5, 0.6) is 5.75 Å². The first-order valence-electron chi connectivity index (χ1n) is 8.89. The second-order valence-electron chi connectivity index (χ2n) is 5.77. The Morgan fingerprint density at radius 1 is 1.00 bits per heavy atom. The van der Waals surface area contributed by atoms with Crippen molar-refractivity contribution in [2.24, 2.45) is 4.99 Å². The van der Waals surface area contributed by atoms with Crippen LogP contribution in [0.25, 0.3) is 10.8 Å². The minimum absolute atomic E-state index is 0.542. The van der Waals surface area contributed by atoms with Crippen molar-refractivity contribution >= 4 is 16.7 Å². The number of hydrogen-bond acceptors (Lipinski definition) is 3. The molecule has 5 heteroatoms. The Labute approximate surface area is 154 Å². The number of nitrogens with zero attached hydrogens (tertiary/aromatic N) is 2. The number of hydrogen-bond donors (Lipinski definition) is 2. The highest BCUT2D eigenvalue weighted by Crippen LogP contribution is 2.24. The van der Waals surface area contributed by atoms with E-state index < -0.39 is 0 Å². The SMILES string of the molecule is CCNC(=NCc1ccccn1)NCCOc1cccc2ccccc12. The Kier molecular flexibility index (Phi) is 6.42. The van der Waals surface area contributed by atoms with Gasteiger partial charge in [-0.2, -0.15) is 0 Å². The summed E-state index contributed by atoms with van der Waals surface area (Å²) in [5.74, 6) is 1.67. The Morgan fingerprint density at radius 3 is 2.69 bits per heavy atom. The molecule has 3 rings (SSSR count). The van der Waals surface area contributed by atoms with E-state index in [1.165, 1.54) is 5.39 Å². The highest BCUT2D eigenvalue weighted by Gasteiger charge is 2.02. The molecule has 0 saturated carbocycles. The lowest BCUT2D eigenvalue weighted by Crippen LogP contribution is -2.39. The number of fused-ring (bicyclic) bond motifs is 1. The lowest BCUT2D eigenvalue weighted by molar-refractivity contribution is 0.325. The Morgan fingerprint density at radius 2 is 1.85 bits per heavy atom. The molecule has 0 radical (unpaired) electrons. The molecule has 1 aromatic heterocycles. The number of pyridine rings is 1. The standard InChI is InChI=1S/C21H24N4O/c1-2-22-21(25-16-18-10-5-6-13-23-18)24-14-15-26-20-12-7-9-17-8-3-4-11-19(17)20/h3-13H,2,14-16H2,1H3,(H2,22,24,25). The normalized spacial score (nSPS) is 11.3. The number of rotatable bonds is 7. The molecule has 0 saturated heterocycles. The van der Waals surface area contributed by atoms with Crippen molar-refractivity contribution in [3.05, 3.63) is 72.6 Å². The predicted octanol–water partition coefficient (Wildman–Crippen LogP) is 3.37. The van der Waals surface area contributed by atoms with Crippen molar-refractivity contribution in [2.75, 3.05) is 19.7 Å². The van der Waals surface area contributed by atoms with E-state index in [2.05, 4.69) is 38.8 Å². The second-order valence-corrected chi connectivity index (χ2v) is 5.77.